The summed E-state index contributed by atoms with van der Waals surface area (Å²) in [6.45, 7) is 1.86. The van der Waals surface area contributed by atoms with Gasteiger partial charge in [-0.1, -0.05) is 42.5 Å². The summed E-state index contributed by atoms with van der Waals surface area (Å²) in [5.41, 5.74) is 2.86. The van der Waals surface area contributed by atoms with E-state index in [9.17, 15) is 13.2 Å². The molecule has 2 aromatic rings. The van der Waals surface area contributed by atoms with E-state index in [1.165, 1.54) is 0 Å². The number of aryl methyl sites for hydroxylation is 1. The van der Waals surface area contributed by atoms with Gasteiger partial charge in [0.05, 0.1) is 5.70 Å². The van der Waals surface area contributed by atoms with Crippen LogP contribution in [0.4, 0.5) is 0 Å². The Morgan fingerprint density at radius 2 is 1.88 bits per heavy atom. The number of carbonyl (C=O) groups is 1. The standard InChI is InChI=1S/C18H15NO4S/c1-12-7-8-15-16-10-14(13-5-3-2-4-6-13)11-18(20)19(16)24(21,22)23-17(15)9-12/h2-10,14H,11H2,1H3/t14-/m1/s1. The molecule has 122 valence electrons. The number of carbonyl (C=O) groups excluding carboxylic acids is 1. The van der Waals surface area contributed by atoms with E-state index in [2.05, 4.69) is 0 Å². The van der Waals surface area contributed by atoms with Gasteiger partial charge in [0.25, 0.3) is 0 Å². The first kappa shape index (κ1) is 15.0. The molecule has 1 atom stereocenters. The summed E-state index contributed by atoms with van der Waals surface area (Å²) in [6, 6.07) is 14.9. The monoisotopic (exact) mass is 341 g/mol. The molecule has 4 rings (SSSR count). The molecule has 24 heavy (non-hydrogen) atoms. The molecule has 0 fully saturated rings. The van der Waals surface area contributed by atoms with Crippen LogP contribution in [0.2, 0.25) is 0 Å². The minimum atomic E-state index is -4.15. The zero-order valence-electron chi connectivity index (χ0n) is 13.0. The maximum Gasteiger partial charge on any atom is 0.416 e. The molecule has 0 aromatic heterocycles. The van der Waals surface area contributed by atoms with Crippen molar-refractivity contribution >= 4 is 21.9 Å². The Morgan fingerprint density at radius 3 is 2.62 bits per heavy atom. The first-order valence-electron chi connectivity index (χ1n) is 7.61. The Morgan fingerprint density at radius 1 is 1.12 bits per heavy atom. The highest BCUT2D eigenvalue weighted by Crippen LogP contribution is 2.43. The molecule has 2 heterocycles. The van der Waals surface area contributed by atoms with Crippen LogP contribution in [0.15, 0.2) is 54.6 Å². The average molecular weight is 341 g/mol. The highest BCUT2D eigenvalue weighted by molar-refractivity contribution is 7.85. The van der Waals surface area contributed by atoms with Crippen molar-refractivity contribution in [3.8, 4) is 5.75 Å². The summed E-state index contributed by atoms with van der Waals surface area (Å²) in [4.78, 5) is 12.5. The van der Waals surface area contributed by atoms with Gasteiger partial charge in [-0.15, -0.1) is 0 Å². The Balaban J connectivity index is 1.92. The minimum Gasteiger partial charge on any atom is -0.366 e. The van der Waals surface area contributed by atoms with Crippen molar-refractivity contribution < 1.29 is 17.4 Å². The van der Waals surface area contributed by atoms with E-state index in [4.69, 9.17) is 4.18 Å². The molecule has 2 aliphatic rings. The second-order valence-corrected chi connectivity index (χ2v) is 7.36. The van der Waals surface area contributed by atoms with Crippen LogP contribution >= 0.6 is 0 Å². The Hall–Kier alpha value is -2.60. The lowest BCUT2D eigenvalue weighted by Gasteiger charge is -2.35. The van der Waals surface area contributed by atoms with E-state index in [1.807, 2.05) is 49.4 Å². The predicted molar refractivity (Wildman–Crippen MR) is 89.3 cm³/mol. The van der Waals surface area contributed by atoms with E-state index < -0.39 is 16.2 Å². The fraction of sp³-hybridized carbons (Fsp3) is 0.167. The zero-order chi connectivity index (χ0) is 16.9. The van der Waals surface area contributed by atoms with Crippen molar-refractivity contribution in [3.63, 3.8) is 0 Å². The third-order valence-corrected chi connectivity index (χ3v) is 5.50. The maximum absolute atomic E-state index is 12.5. The summed E-state index contributed by atoms with van der Waals surface area (Å²) >= 11 is 0. The van der Waals surface area contributed by atoms with E-state index >= 15 is 0 Å². The molecule has 0 bridgehead atoms. The molecular weight excluding hydrogens is 326 g/mol. The Kier molecular flexibility index (Phi) is 3.25. The van der Waals surface area contributed by atoms with E-state index in [1.54, 1.807) is 12.1 Å². The number of hydrogen-bond acceptors (Lipinski definition) is 4. The van der Waals surface area contributed by atoms with Crippen molar-refractivity contribution in [2.24, 2.45) is 0 Å². The highest BCUT2D eigenvalue weighted by atomic mass is 32.2. The van der Waals surface area contributed by atoms with Crippen molar-refractivity contribution in [2.45, 2.75) is 19.3 Å². The molecule has 0 radical (unpaired) electrons. The van der Waals surface area contributed by atoms with Crippen molar-refractivity contribution in [3.05, 3.63) is 71.3 Å². The normalized spacial score (nSPS) is 21.4. The van der Waals surface area contributed by atoms with Crippen LogP contribution in [0, 0.1) is 6.92 Å². The van der Waals surface area contributed by atoms with Gasteiger partial charge < -0.3 is 4.18 Å². The minimum absolute atomic E-state index is 0.0945. The number of fused-ring (bicyclic) bond motifs is 3. The summed E-state index contributed by atoms with van der Waals surface area (Å²) in [5.74, 6) is -0.376. The SMILES string of the molecule is Cc1ccc2c(c1)OS(=O)(=O)N1C(=O)C[C@H](c3ccccc3)C=C21. The number of hydrogen-bond donors (Lipinski definition) is 0. The summed E-state index contributed by atoms with van der Waals surface area (Å²) < 4.78 is 30.7. The number of allylic oxidation sites excluding steroid dienone is 1. The van der Waals surface area contributed by atoms with Gasteiger partial charge in [-0.3, -0.25) is 4.79 Å². The number of rotatable bonds is 1. The molecular formula is C18H15NO4S. The largest absolute Gasteiger partial charge is 0.416 e. The maximum atomic E-state index is 12.5. The number of amides is 1. The molecule has 0 N–H and O–H groups in total. The topological polar surface area (TPSA) is 63.7 Å². The number of nitrogens with zero attached hydrogens (tertiary/aromatic N) is 1. The molecule has 0 aliphatic carbocycles. The quantitative estimate of drug-likeness (QED) is 0.800. The average Bonchev–Trinajstić information content (AvgIpc) is 2.54. The highest BCUT2D eigenvalue weighted by Gasteiger charge is 2.43. The van der Waals surface area contributed by atoms with E-state index in [0.29, 0.717) is 11.3 Å². The van der Waals surface area contributed by atoms with Gasteiger partial charge >= 0.3 is 10.3 Å². The van der Waals surface area contributed by atoms with Crippen molar-refractivity contribution in [2.75, 3.05) is 0 Å². The molecule has 1 amide bonds. The summed E-state index contributed by atoms with van der Waals surface area (Å²) in [6.07, 6.45) is 1.93. The molecule has 0 saturated carbocycles. The van der Waals surface area contributed by atoms with Crippen LogP contribution in [0.3, 0.4) is 0 Å². The fourth-order valence-electron chi connectivity index (χ4n) is 3.14. The van der Waals surface area contributed by atoms with Crippen LogP contribution in [0.1, 0.15) is 29.0 Å². The van der Waals surface area contributed by atoms with E-state index in [-0.39, 0.29) is 18.1 Å². The van der Waals surface area contributed by atoms with Gasteiger partial charge in [0.1, 0.15) is 0 Å². The zero-order valence-corrected chi connectivity index (χ0v) is 13.8. The molecule has 0 saturated heterocycles. The second-order valence-electron chi connectivity index (χ2n) is 5.97. The van der Waals surface area contributed by atoms with Gasteiger partial charge in [0, 0.05) is 17.9 Å². The van der Waals surface area contributed by atoms with Gasteiger partial charge in [-0.2, -0.15) is 12.7 Å². The fourth-order valence-corrected chi connectivity index (χ4v) is 4.31. The molecule has 0 unspecified atom stereocenters. The van der Waals surface area contributed by atoms with Crippen LogP contribution in [0.5, 0.6) is 5.75 Å². The molecule has 5 nitrogen and oxygen atoms in total. The van der Waals surface area contributed by atoms with Gasteiger partial charge in [-0.25, -0.2) is 0 Å². The number of benzene rings is 2. The molecule has 2 aromatic carbocycles. The molecule has 2 aliphatic heterocycles. The second kappa shape index (κ2) is 5.21. The third kappa shape index (κ3) is 2.30. The summed E-state index contributed by atoms with van der Waals surface area (Å²) in [5, 5.41) is 0. The molecule has 0 spiro atoms. The third-order valence-electron chi connectivity index (χ3n) is 4.26. The van der Waals surface area contributed by atoms with Gasteiger partial charge in [-0.05, 0) is 30.2 Å². The molecule has 6 heteroatoms. The predicted octanol–water partition coefficient (Wildman–Crippen LogP) is 2.99. The Labute approximate surface area is 140 Å². The lowest BCUT2D eigenvalue weighted by atomic mass is 9.90. The van der Waals surface area contributed by atoms with Crippen LogP contribution < -0.4 is 4.18 Å². The van der Waals surface area contributed by atoms with Gasteiger partial charge in [0.2, 0.25) is 5.91 Å². The first-order chi connectivity index (χ1) is 11.5. The lowest BCUT2D eigenvalue weighted by Crippen LogP contribution is -2.43. The summed E-state index contributed by atoms with van der Waals surface area (Å²) in [7, 11) is -4.15. The van der Waals surface area contributed by atoms with Crippen LogP contribution in [-0.2, 0) is 15.1 Å². The van der Waals surface area contributed by atoms with E-state index in [0.717, 1.165) is 15.4 Å². The van der Waals surface area contributed by atoms with Crippen LogP contribution in [0.25, 0.3) is 5.70 Å². The lowest BCUT2D eigenvalue weighted by molar-refractivity contribution is -0.125. The van der Waals surface area contributed by atoms with Crippen molar-refractivity contribution in [1.82, 2.24) is 4.31 Å². The van der Waals surface area contributed by atoms with Crippen molar-refractivity contribution in [1.29, 1.82) is 0 Å². The van der Waals surface area contributed by atoms with Gasteiger partial charge in [0.15, 0.2) is 5.75 Å². The smallest absolute Gasteiger partial charge is 0.366 e. The first-order valence-corrected chi connectivity index (χ1v) is 8.97. The van der Waals surface area contributed by atoms with Crippen LogP contribution in [-0.4, -0.2) is 18.6 Å². The Bertz CT molecular complexity index is 964.